The first-order chi connectivity index (χ1) is 5.74. The average molecular weight is 163 g/mol. The van der Waals surface area contributed by atoms with Gasteiger partial charge in [-0.25, -0.2) is 5.90 Å². The Hall–Kier alpha value is -1.12. The van der Waals surface area contributed by atoms with Crippen LogP contribution in [0.25, 0.3) is 5.57 Å². The smallest absolute Gasteiger partial charge is 0.0930 e. The van der Waals surface area contributed by atoms with Crippen molar-refractivity contribution >= 4 is 5.57 Å². The van der Waals surface area contributed by atoms with Crippen molar-refractivity contribution in [3.8, 4) is 0 Å². The van der Waals surface area contributed by atoms with Crippen LogP contribution in [-0.4, -0.2) is 0 Å². The van der Waals surface area contributed by atoms with Crippen LogP contribution in [0, 0.1) is 0 Å². The highest BCUT2D eigenvalue weighted by molar-refractivity contribution is 5.61. The molecule has 0 bridgehead atoms. The zero-order valence-corrected chi connectivity index (χ0v) is 7.21. The molecule has 0 heterocycles. The van der Waals surface area contributed by atoms with Crippen LogP contribution in [-0.2, 0) is 11.4 Å². The SMILES string of the molecule is C=C(C)c1cccc(CON)c1. The Morgan fingerprint density at radius 2 is 2.33 bits per heavy atom. The fraction of sp³-hybridized carbons (Fsp3) is 0.200. The van der Waals surface area contributed by atoms with Crippen molar-refractivity contribution in [1.29, 1.82) is 0 Å². The van der Waals surface area contributed by atoms with Crippen LogP contribution in [0.5, 0.6) is 0 Å². The fourth-order valence-corrected chi connectivity index (χ4v) is 1.02. The summed E-state index contributed by atoms with van der Waals surface area (Å²) < 4.78 is 0. The van der Waals surface area contributed by atoms with E-state index in [1.54, 1.807) is 0 Å². The molecule has 1 aromatic rings. The van der Waals surface area contributed by atoms with Crippen LogP contribution >= 0.6 is 0 Å². The summed E-state index contributed by atoms with van der Waals surface area (Å²) in [5, 5.41) is 0. The number of allylic oxidation sites excluding steroid dienone is 1. The summed E-state index contributed by atoms with van der Waals surface area (Å²) in [4.78, 5) is 4.53. The Morgan fingerprint density at radius 3 is 2.92 bits per heavy atom. The molecule has 0 saturated heterocycles. The Kier molecular flexibility index (Phi) is 3.02. The minimum Gasteiger partial charge on any atom is -0.300 e. The molecule has 0 atom stereocenters. The van der Waals surface area contributed by atoms with Crippen molar-refractivity contribution in [2.24, 2.45) is 5.90 Å². The lowest BCUT2D eigenvalue weighted by Crippen LogP contribution is -1.98. The monoisotopic (exact) mass is 163 g/mol. The van der Waals surface area contributed by atoms with Crippen molar-refractivity contribution in [3.63, 3.8) is 0 Å². The maximum Gasteiger partial charge on any atom is 0.0930 e. The summed E-state index contributed by atoms with van der Waals surface area (Å²) in [6.45, 7) is 6.27. The predicted octanol–water partition coefficient (Wildman–Crippen LogP) is 2.11. The van der Waals surface area contributed by atoms with Crippen LogP contribution in [0.3, 0.4) is 0 Å². The summed E-state index contributed by atoms with van der Waals surface area (Å²) >= 11 is 0. The first-order valence-electron chi connectivity index (χ1n) is 3.80. The number of nitrogens with two attached hydrogens (primary N) is 1. The maximum absolute atomic E-state index is 4.96. The third-order valence-electron chi connectivity index (χ3n) is 1.67. The van der Waals surface area contributed by atoms with E-state index >= 15 is 0 Å². The standard InChI is InChI=1S/C10H13NO/c1-8(2)10-5-3-4-9(6-10)7-12-11/h3-6H,1,7,11H2,2H3. The maximum atomic E-state index is 4.96. The molecular weight excluding hydrogens is 150 g/mol. The van der Waals surface area contributed by atoms with Gasteiger partial charge in [-0.1, -0.05) is 30.4 Å². The number of benzene rings is 1. The first-order valence-corrected chi connectivity index (χ1v) is 3.80. The zero-order valence-electron chi connectivity index (χ0n) is 7.21. The molecule has 0 unspecified atom stereocenters. The minimum absolute atomic E-state index is 0.446. The molecule has 0 amide bonds. The van der Waals surface area contributed by atoms with Crippen LogP contribution in [0.15, 0.2) is 30.8 Å². The highest BCUT2D eigenvalue weighted by Crippen LogP contribution is 2.13. The Bertz CT molecular complexity index is 281. The van der Waals surface area contributed by atoms with Gasteiger partial charge in [-0.3, -0.25) is 4.84 Å². The van der Waals surface area contributed by atoms with E-state index in [1.807, 2.05) is 31.2 Å². The summed E-state index contributed by atoms with van der Waals surface area (Å²) in [6, 6.07) is 7.98. The molecule has 0 fully saturated rings. The van der Waals surface area contributed by atoms with Crippen LogP contribution < -0.4 is 5.90 Å². The molecule has 2 N–H and O–H groups in total. The van der Waals surface area contributed by atoms with Crippen molar-refractivity contribution < 1.29 is 4.84 Å². The average Bonchev–Trinajstić information content (AvgIpc) is 2.05. The van der Waals surface area contributed by atoms with Gasteiger partial charge in [0.05, 0.1) is 6.61 Å². The van der Waals surface area contributed by atoms with Gasteiger partial charge in [0.25, 0.3) is 0 Å². The van der Waals surface area contributed by atoms with E-state index in [-0.39, 0.29) is 0 Å². The highest BCUT2D eigenvalue weighted by Gasteiger charge is 1.95. The fourth-order valence-electron chi connectivity index (χ4n) is 1.02. The highest BCUT2D eigenvalue weighted by atomic mass is 16.6. The molecule has 64 valence electrons. The lowest BCUT2D eigenvalue weighted by atomic mass is 10.1. The van der Waals surface area contributed by atoms with E-state index in [9.17, 15) is 0 Å². The van der Waals surface area contributed by atoms with Gasteiger partial charge in [-0.15, -0.1) is 0 Å². The molecule has 0 aliphatic rings. The molecule has 0 saturated carbocycles. The lowest BCUT2D eigenvalue weighted by Gasteiger charge is -2.02. The van der Waals surface area contributed by atoms with E-state index in [1.165, 1.54) is 0 Å². The largest absolute Gasteiger partial charge is 0.300 e. The zero-order chi connectivity index (χ0) is 8.97. The van der Waals surface area contributed by atoms with Gasteiger partial charge < -0.3 is 0 Å². The number of hydrogen-bond acceptors (Lipinski definition) is 2. The second-order valence-corrected chi connectivity index (χ2v) is 2.79. The molecule has 0 radical (unpaired) electrons. The van der Waals surface area contributed by atoms with Crippen LogP contribution in [0.4, 0.5) is 0 Å². The van der Waals surface area contributed by atoms with Crippen LogP contribution in [0.1, 0.15) is 18.1 Å². The summed E-state index contributed by atoms with van der Waals surface area (Å²) in [6.07, 6.45) is 0. The van der Waals surface area contributed by atoms with Crippen LogP contribution in [0.2, 0.25) is 0 Å². The normalized spacial score (nSPS) is 9.83. The van der Waals surface area contributed by atoms with Gasteiger partial charge in [-0.2, -0.15) is 0 Å². The summed E-state index contributed by atoms with van der Waals surface area (Å²) in [5.74, 6) is 4.96. The molecule has 1 aromatic carbocycles. The van der Waals surface area contributed by atoms with Crippen molar-refractivity contribution in [2.45, 2.75) is 13.5 Å². The Balaban J connectivity index is 2.88. The van der Waals surface area contributed by atoms with Gasteiger partial charge in [0.15, 0.2) is 0 Å². The van der Waals surface area contributed by atoms with Crippen molar-refractivity contribution in [1.82, 2.24) is 0 Å². The van der Waals surface area contributed by atoms with Crippen molar-refractivity contribution in [2.75, 3.05) is 0 Å². The van der Waals surface area contributed by atoms with Gasteiger partial charge in [-0.05, 0) is 24.1 Å². The molecule has 12 heavy (non-hydrogen) atoms. The minimum atomic E-state index is 0.446. The molecule has 0 aromatic heterocycles. The third-order valence-corrected chi connectivity index (χ3v) is 1.67. The molecular formula is C10H13NO. The summed E-state index contributed by atoms with van der Waals surface area (Å²) in [7, 11) is 0. The Morgan fingerprint density at radius 1 is 1.58 bits per heavy atom. The van der Waals surface area contributed by atoms with Gasteiger partial charge >= 0.3 is 0 Å². The molecule has 0 spiro atoms. The summed E-state index contributed by atoms with van der Waals surface area (Å²) in [5.41, 5.74) is 3.25. The quantitative estimate of drug-likeness (QED) is 0.692. The van der Waals surface area contributed by atoms with E-state index in [2.05, 4.69) is 11.4 Å². The molecule has 2 heteroatoms. The number of hydrogen-bond donors (Lipinski definition) is 1. The van der Waals surface area contributed by atoms with Gasteiger partial charge in [0.1, 0.15) is 0 Å². The molecule has 2 nitrogen and oxygen atoms in total. The molecule has 1 rings (SSSR count). The van der Waals surface area contributed by atoms with Gasteiger partial charge in [0, 0.05) is 0 Å². The predicted molar refractivity (Wildman–Crippen MR) is 50.1 cm³/mol. The topological polar surface area (TPSA) is 35.2 Å². The van der Waals surface area contributed by atoms with E-state index < -0.39 is 0 Å². The Labute approximate surface area is 72.6 Å². The van der Waals surface area contributed by atoms with E-state index in [0.717, 1.165) is 16.7 Å². The second-order valence-electron chi connectivity index (χ2n) is 2.79. The lowest BCUT2D eigenvalue weighted by molar-refractivity contribution is 0.124. The first kappa shape index (κ1) is 8.97. The van der Waals surface area contributed by atoms with E-state index in [0.29, 0.717) is 6.61 Å². The van der Waals surface area contributed by atoms with E-state index in [4.69, 9.17) is 5.90 Å². The van der Waals surface area contributed by atoms with Crippen molar-refractivity contribution in [3.05, 3.63) is 42.0 Å². The molecule has 0 aliphatic heterocycles. The van der Waals surface area contributed by atoms with Gasteiger partial charge in [0.2, 0.25) is 0 Å². The third kappa shape index (κ3) is 2.19. The number of rotatable bonds is 3. The second kappa shape index (κ2) is 4.04. The molecule has 0 aliphatic carbocycles.